The van der Waals surface area contributed by atoms with Gasteiger partial charge in [-0.05, 0) is 63.3 Å². The van der Waals surface area contributed by atoms with Gasteiger partial charge in [-0.2, -0.15) is 0 Å². The van der Waals surface area contributed by atoms with E-state index in [9.17, 15) is 19.8 Å². The molecule has 4 rings (SSSR count). The van der Waals surface area contributed by atoms with Crippen molar-refractivity contribution in [2.24, 2.45) is 5.92 Å². The molecule has 0 aromatic carbocycles. The maximum absolute atomic E-state index is 13.4. The summed E-state index contributed by atoms with van der Waals surface area (Å²) in [4.78, 5) is 34.9. The van der Waals surface area contributed by atoms with Gasteiger partial charge >= 0.3 is 12.1 Å². The first kappa shape index (κ1) is 37.5. The number of aromatic nitrogens is 1. The van der Waals surface area contributed by atoms with Crippen molar-refractivity contribution < 1.29 is 29.3 Å². The van der Waals surface area contributed by atoms with Crippen molar-refractivity contribution >= 4 is 12.1 Å². The smallest absolute Gasteiger partial charge is 0.410 e. The molecule has 2 aliphatic heterocycles. The van der Waals surface area contributed by atoms with Gasteiger partial charge in [-0.15, -0.1) is 0 Å². The number of hydrogen-bond donors (Lipinski definition) is 2. The quantitative estimate of drug-likeness (QED) is 0.147. The molecule has 1 unspecified atom stereocenters. The van der Waals surface area contributed by atoms with Crippen LogP contribution in [0.3, 0.4) is 0 Å². The highest BCUT2D eigenvalue weighted by Crippen LogP contribution is 2.28. The molecule has 3 heterocycles. The van der Waals surface area contributed by atoms with Crippen molar-refractivity contribution in [1.82, 2.24) is 14.8 Å². The minimum Gasteiger partial charge on any atom is -0.457 e. The molecule has 1 amide bonds. The van der Waals surface area contributed by atoms with E-state index >= 15 is 0 Å². The maximum atomic E-state index is 13.4. The first-order valence-corrected chi connectivity index (χ1v) is 17.9. The predicted molar refractivity (Wildman–Crippen MR) is 188 cm³/mol. The molecule has 0 bridgehead atoms. The number of pyridine rings is 1. The van der Waals surface area contributed by atoms with Crippen LogP contribution in [0.4, 0.5) is 4.79 Å². The molecule has 2 N–H and O–H groups in total. The highest BCUT2D eigenvalue weighted by Gasteiger charge is 2.37. The molecule has 6 atom stereocenters. The summed E-state index contributed by atoms with van der Waals surface area (Å²) in [5, 5.41) is 22.2. The number of nitrogens with zero attached hydrogens (tertiary/aromatic N) is 3. The Bertz CT molecular complexity index is 1280. The van der Waals surface area contributed by atoms with E-state index in [-0.39, 0.29) is 31.1 Å². The van der Waals surface area contributed by atoms with Crippen LogP contribution in [0.5, 0.6) is 0 Å². The summed E-state index contributed by atoms with van der Waals surface area (Å²) in [6.07, 6.45) is 19.9. The van der Waals surface area contributed by atoms with Gasteiger partial charge in [0, 0.05) is 55.9 Å². The largest absolute Gasteiger partial charge is 0.457 e. The van der Waals surface area contributed by atoms with Crippen LogP contribution in [0.15, 0.2) is 72.5 Å². The van der Waals surface area contributed by atoms with E-state index in [0.717, 1.165) is 24.4 Å². The zero-order valence-electron chi connectivity index (χ0n) is 29.4. The van der Waals surface area contributed by atoms with E-state index in [1.807, 2.05) is 62.4 Å². The van der Waals surface area contributed by atoms with Crippen LogP contribution in [-0.2, 0) is 14.3 Å². The van der Waals surface area contributed by atoms with Crippen LogP contribution in [0.2, 0.25) is 0 Å². The average molecular weight is 664 g/mol. The van der Waals surface area contributed by atoms with Crippen LogP contribution in [0, 0.1) is 5.92 Å². The zero-order chi connectivity index (χ0) is 34.5. The molecule has 1 saturated carbocycles. The fourth-order valence-electron chi connectivity index (χ4n) is 6.87. The summed E-state index contributed by atoms with van der Waals surface area (Å²) in [5.41, 5.74) is 0.369. The van der Waals surface area contributed by atoms with Gasteiger partial charge in [0.15, 0.2) is 6.10 Å². The molecule has 0 spiro atoms. The van der Waals surface area contributed by atoms with Crippen molar-refractivity contribution in [3.05, 3.63) is 78.2 Å². The minimum absolute atomic E-state index is 0.146. The number of piperazine rings is 1. The van der Waals surface area contributed by atoms with Gasteiger partial charge in [0.05, 0.1) is 12.5 Å². The standard InChI is InChI=1S/C39H57N3O6/c1-29(34-18-12-13-23-40-34)14-8-7-9-15-30(2)37-31(3)19-20-35(39(4,46)22-21-33(43)28-36(44)48-37)47-38(45)42-26-24-41(25-27-42)32-16-10-5-6-11-17-32/h7-9,12-15,18-20,23,29,31-33,35,37,43,46H,5-6,10-11,16-17,21-22,24-28H2,1-4H3/b9-7+,14-8+,20-19+,30-15+/t29?,31-,33-,35-,37+,39-/m0/s1. The topological polar surface area (TPSA) is 112 Å². The molecule has 1 aromatic heterocycles. The van der Waals surface area contributed by atoms with Crippen molar-refractivity contribution in [1.29, 1.82) is 0 Å². The second kappa shape index (κ2) is 18.5. The number of carbonyl (C=O) groups is 2. The molecule has 48 heavy (non-hydrogen) atoms. The number of aliphatic hydroxyl groups excluding tert-OH is 1. The fraction of sp³-hybridized carbons (Fsp3) is 0.615. The van der Waals surface area contributed by atoms with Gasteiger partial charge in [0.2, 0.25) is 0 Å². The second-order valence-electron chi connectivity index (χ2n) is 14.1. The summed E-state index contributed by atoms with van der Waals surface area (Å²) in [6, 6.07) is 6.47. The monoisotopic (exact) mass is 663 g/mol. The number of rotatable bonds is 7. The van der Waals surface area contributed by atoms with Crippen LogP contribution in [0.1, 0.15) is 97.1 Å². The number of cyclic esters (lactones) is 1. The van der Waals surface area contributed by atoms with E-state index in [0.29, 0.717) is 19.1 Å². The van der Waals surface area contributed by atoms with Crippen LogP contribution in [0.25, 0.3) is 0 Å². The number of ether oxygens (including phenoxy) is 2. The zero-order valence-corrected chi connectivity index (χ0v) is 29.4. The summed E-state index contributed by atoms with van der Waals surface area (Å²) in [6.45, 7) is 10.4. The number of esters is 1. The minimum atomic E-state index is -1.44. The first-order chi connectivity index (χ1) is 23.0. The van der Waals surface area contributed by atoms with Gasteiger partial charge in [0.25, 0.3) is 0 Å². The summed E-state index contributed by atoms with van der Waals surface area (Å²) in [7, 11) is 0. The molecular formula is C39H57N3O6. The van der Waals surface area contributed by atoms with E-state index in [1.165, 1.54) is 38.5 Å². The number of hydrogen-bond acceptors (Lipinski definition) is 8. The Morgan fingerprint density at radius 3 is 2.48 bits per heavy atom. The Balaban J connectivity index is 1.43. The fourth-order valence-corrected chi connectivity index (χ4v) is 6.87. The van der Waals surface area contributed by atoms with Crippen molar-refractivity contribution in [2.45, 2.75) is 121 Å². The third-order valence-corrected chi connectivity index (χ3v) is 10.0. The number of aliphatic hydroxyl groups is 2. The highest BCUT2D eigenvalue weighted by atomic mass is 16.6. The highest BCUT2D eigenvalue weighted by molar-refractivity contribution is 5.70. The van der Waals surface area contributed by atoms with Crippen LogP contribution in [-0.4, -0.2) is 93.2 Å². The van der Waals surface area contributed by atoms with E-state index < -0.39 is 36.0 Å². The SMILES string of the molecule is C\C(=C/C=C/C=C/C(C)c1ccccn1)[C@H]1OC(=O)C[C@@H](O)CC[C@](C)(O)[C@@H](OC(=O)N2CCN(C3CCCCCC3)CC2)/C=C/[C@@H]1C. The lowest BCUT2D eigenvalue weighted by molar-refractivity contribution is -0.151. The Labute approximate surface area is 287 Å². The number of carbonyl (C=O) groups excluding carboxylic acids is 2. The van der Waals surface area contributed by atoms with Crippen molar-refractivity contribution in [3.8, 4) is 0 Å². The Morgan fingerprint density at radius 1 is 1.06 bits per heavy atom. The van der Waals surface area contributed by atoms with Crippen molar-refractivity contribution in [3.63, 3.8) is 0 Å². The number of allylic oxidation sites excluding steroid dienone is 5. The molecular weight excluding hydrogens is 606 g/mol. The molecule has 1 aliphatic carbocycles. The average Bonchev–Trinajstić information content (AvgIpc) is 3.37. The Hall–Kier alpha value is -3.27. The molecule has 1 saturated heterocycles. The molecule has 1 aromatic rings. The van der Waals surface area contributed by atoms with Gasteiger partial charge in [0.1, 0.15) is 11.7 Å². The van der Waals surface area contributed by atoms with Gasteiger partial charge in [-0.3, -0.25) is 14.7 Å². The van der Waals surface area contributed by atoms with Crippen LogP contribution < -0.4 is 0 Å². The van der Waals surface area contributed by atoms with Gasteiger partial charge in [-0.1, -0.05) is 82.1 Å². The third-order valence-electron chi connectivity index (χ3n) is 10.0. The number of amides is 1. The normalized spacial score (nSPS) is 30.7. The van der Waals surface area contributed by atoms with Crippen LogP contribution >= 0.6 is 0 Å². The van der Waals surface area contributed by atoms with Crippen molar-refractivity contribution in [2.75, 3.05) is 26.2 Å². The van der Waals surface area contributed by atoms with E-state index in [2.05, 4.69) is 22.9 Å². The summed E-state index contributed by atoms with van der Waals surface area (Å²) >= 11 is 0. The summed E-state index contributed by atoms with van der Waals surface area (Å²) < 4.78 is 11.9. The molecule has 264 valence electrons. The lowest BCUT2D eigenvalue weighted by Gasteiger charge is -2.40. The third kappa shape index (κ3) is 11.4. The Kier molecular flexibility index (Phi) is 14.5. The lowest BCUT2D eigenvalue weighted by Crippen LogP contribution is -2.53. The molecule has 9 nitrogen and oxygen atoms in total. The second-order valence-corrected chi connectivity index (χ2v) is 14.1. The molecule has 9 heteroatoms. The molecule has 3 aliphatic rings. The Morgan fingerprint density at radius 2 is 1.79 bits per heavy atom. The summed E-state index contributed by atoms with van der Waals surface area (Å²) in [5.74, 6) is -0.630. The predicted octanol–water partition coefficient (Wildman–Crippen LogP) is 6.49. The maximum Gasteiger partial charge on any atom is 0.410 e. The molecule has 0 radical (unpaired) electrons. The van der Waals surface area contributed by atoms with E-state index in [4.69, 9.17) is 9.47 Å². The van der Waals surface area contributed by atoms with E-state index in [1.54, 1.807) is 24.1 Å². The molecule has 2 fully saturated rings. The lowest BCUT2D eigenvalue weighted by atomic mass is 9.89. The first-order valence-electron chi connectivity index (χ1n) is 17.9. The van der Waals surface area contributed by atoms with Gasteiger partial charge < -0.3 is 24.6 Å². The van der Waals surface area contributed by atoms with Gasteiger partial charge in [-0.25, -0.2) is 4.79 Å².